The maximum absolute atomic E-state index is 12.0. The zero-order valence-corrected chi connectivity index (χ0v) is 13.0. The van der Waals surface area contributed by atoms with Crippen molar-refractivity contribution in [1.82, 2.24) is 10.3 Å². The van der Waals surface area contributed by atoms with Gasteiger partial charge >= 0.3 is 0 Å². The average Bonchev–Trinajstić information content (AvgIpc) is 2.54. The molecule has 0 aliphatic heterocycles. The van der Waals surface area contributed by atoms with Gasteiger partial charge in [-0.25, -0.2) is 0 Å². The number of aromatic nitrogens is 1. The first-order chi connectivity index (χ1) is 10.5. The SMILES string of the molecule is COc1c(C)cnc(CNC(=O)C(O)c2ccccc2)c1C. The van der Waals surface area contributed by atoms with Crippen molar-refractivity contribution in [3.63, 3.8) is 0 Å². The predicted octanol–water partition coefficient (Wildman–Crippen LogP) is 2.06. The first kappa shape index (κ1) is 16.0. The molecule has 0 spiro atoms. The van der Waals surface area contributed by atoms with Crippen molar-refractivity contribution in [3.8, 4) is 5.75 Å². The molecule has 1 aromatic heterocycles. The summed E-state index contributed by atoms with van der Waals surface area (Å²) in [4.78, 5) is 16.3. The van der Waals surface area contributed by atoms with Gasteiger partial charge in [-0.1, -0.05) is 30.3 Å². The molecule has 2 N–H and O–H groups in total. The van der Waals surface area contributed by atoms with Gasteiger partial charge in [-0.2, -0.15) is 0 Å². The Morgan fingerprint density at radius 1 is 1.32 bits per heavy atom. The van der Waals surface area contributed by atoms with Crippen LogP contribution < -0.4 is 10.1 Å². The van der Waals surface area contributed by atoms with Gasteiger partial charge in [-0.05, 0) is 19.4 Å². The van der Waals surface area contributed by atoms with Crippen LogP contribution in [0.2, 0.25) is 0 Å². The summed E-state index contributed by atoms with van der Waals surface area (Å²) in [5, 5.41) is 12.7. The fraction of sp³-hybridized carbons (Fsp3) is 0.294. The van der Waals surface area contributed by atoms with E-state index in [4.69, 9.17) is 4.74 Å². The normalized spacial score (nSPS) is 11.8. The predicted molar refractivity (Wildman–Crippen MR) is 83.5 cm³/mol. The Bertz CT molecular complexity index is 656. The number of aliphatic hydroxyl groups is 1. The fourth-order valence-corrected chi connectivity index (χ4v) is 2.30. The zero-order valence-electron chi connectivity index (χ0n) is 13.0. The maximum Gasteiger partial charge on any atom is 0.253 e. The molecule has 0 aliphatic carbocycles. The lowest BCUT2D eigenvalue weighted by molar-refractivity contribution is -0.129. The molecule has 5 heteroatoms. The summed E-state index contributed by atoms with van der Waals surface area (Å²) in [7, 11) is 1.61. The van der Waals surface area contributed by atoms with Gasteiger partial charge in [0.15, 0.2) is 6.10 Å². The van der Waals surface area contributed by atoms with Gasteiger partial charge in [0.25, 0.3) is 5.91 Å². The second-order valence-corrected chi connectivity index (χ2v) is 5.08. The molecule has 0 bridgehead atoms. The van der Waals surface area contributed by atoms with Crippen molar-refractivity contribution in [3.05, 3.63) is 58.9 Å². The number of carbonyl (C=O) groups is 1. The lowest BCUT2D eigenvalue weighted by Gasteiger charge is -2.14. The number of amides is 1. The van der Waals surface area contributed by atoms with E-state index < -0.39 is 12.0 Å². The van der Waals surface area contributed by atoms with Crippen LogP contribution in [0.3, 0.4) is 0 Å². The molecule has 2 rings (SSSR count). The number of hydrogen-bond acceptors (Lipinski definition) is 4. The molecule has 2 aromatic rings. The van der Waals surface area contributed by atoms with Crippen molar-refractivity contribution in [1.29, 1.82) is 0 Å². The highest BCUT2D eigenvalue weighted by Crippen LogP contribution is 2.23. The molecule has 0 aliphatic rings. The summed E-state index contributed by atoms with van der Waals surface area (Å²) in [6, 6.07) is 8.82. The Morgan fingerprint density at radius 2 is 2.00 bits per heavy atom. The smallest absolute Gasteiger partial charge is 0.253 e. The lowest BCUT2D eigenvalue weighted by atomic mass is 10.1. The van der Waals surface area contributed by atoms with Crippen molar-refractivity contribution in [2.75, 3.05) is 7.11 Å². The molecule has 1 aromatic carbocycles. The van der Waals surface area contributed by atoms with E-state index in [1.54, 1.807) is 37.6 Å². The summed E-state index contributed by atoms with van der Waals surface area (Å²) >= 11 is 0. The van der Waals surface area contributed by atoms with Gasteiger partial charge in [0.1, 0.15) is 5.75 Å². The number of pyridine rings is 1. The van der Waals surface area contributed by atoms with E-state index in [9.17, 15) is 9.90 Å². The highest BCUT2D eigenvalue weighted by Gasteiger charge is 2.17. The van der Waals surface area contributed by atoms with Crippen LogP contribution in [0.4, 0.5) is 0 Å². The van der Waals surface area contributed by atoms with E-state index >= 15 is 0 Å². The molecule has 0 radical (unpaired) electrons. The van der Waals surface area contributed by atoms with Crippen LogP contribution in [0.5, 0.6) is 5.75 Å². The topological polar surface area (TPSA) is 71.5 Å². The monoisotopic (exact) mass is 300 g/mol. The third-order valence-electron chi connectivity index (χ3n) is 3.54. The molecule has 1 amide bonds. The summed E-state index contributed by atoms with van der Waals surface area (Å²) in [5.74, 6) is 0.315. The Morgan fingerprint density at radius 3 is 2.64 bits per heavy atom. The zero-order chi connectivity index (χ0) is 16.1. The molecule has 116 valence electrons. The fourth-order valence-electron chi connectivity index (χ4n) is 2.30. The van der Waals surface area contributed by atoms with Gasteiger partial charge in [-0.15, -0.1) is 0 Å². The molecular formula is C17H20N2O3. The van der Waals surface area contributed by atoms with Crippen LogP contribution in [-0.2, 0) is 11.3 Å². The van der Waals surface area contributed by atoms with Crippen LogP contribution in [0.1, 0.15) is 28.5 Å². The summed E-state index contributed by atoms with van der Waals surface area (Å²) in [6.45, 7) is 4.06. The third-order valence-corrected chi connectivity index (χ3v) is 3.54. The second-order valence-electron chi connectivity index (χ2n) is 5.08. The number of benzene rings is 1. The average molecular weight is 300 g/mol. The Labute approximate surface area is 130 Å². The van der Waals surface area contributed by atoms with Gasteiger partial charge in [0.2, 0.25) is 0 Å². The molecule has 0 saturated carbocycles. The quantitative estimate of drug-likeness (QED) is 0.886. The lowest BCUT2D eigenvalue weighted by Crippen LogP contribution is -2.29. The van der Waals surface area contributed by atoms with Crippen LogP contribution in [-0.4, -0.2) is 23.1 Å². The maximum atomic E-state index is 12.0. The number of rotatable bonds is 5. The number of aryl methyl sites for hydroxylation is 1. The van der Waals surface area contributed by atoms with Crippen molar-refractivity contribution >= 4 is 5.91 Å². The van der Waals surface area contributed by atoms with Crippen molar-refractivity contribution < 1.29 is 14.6 Å². The first-order valence-corrected chi connectivity index (χ1v) is 7.04. The summed E-state index contributed by atoms with van der Waals surface area (Å²) in [6.07, 6.45) is 0.523. The van der Waals surface area contributed by atoms with Gasteiger partial charge in [-0.3, -0.25) is 9.78 Å². The van der Waals surface area contributed by atoms with Gasteiger partial charge in [0.05, 0.1) is 19.3 Å². The Kier molecular flexibility index (Phi) is 5.12. The van der Waals surface area contributed by atoms with Crippen molar-refractivity contribution in [2.45, 2.75) is 26.5 Å². The van der Waals surface area contributed by atoms with Crippen LogP contribution in [0.25, 0.3) is 0 Å². The molecule has 1 atom stereocenters. The summed E-state index contributed by atoms with van der Waals surface area (Å²) in [5.41, 5.74) is 3.11. The number of aliphatic hydroxyl groups excluding tert-OH is 1. The highest BCUT2D eigenvalue weighted by atomic mass is 16.5. The minimum absolute atomic E-state index is 0.241. The highest BCUT2D eigenvalue weighted by molar-refractivity contribution is 5.81. The molecule has 0 fully saturated rings. The summed E-state index contributed by atoms with van der Waals surface area (Å²) < 4.78 is 5.34. The number of ether oxygens (including phenoxy) is 1. The molecule has 22 heavy (non-hydrogen) atoms. The minimum Gasteiger partial charge on any atom is -0.496 e. The second kappa shape index (κ2) is 7.04. The molecule has 0 saturated heterocycles. The molecule has 5 nitrogen and oxygen atoms in total. The van der Waals surface area contributed by atoms with Gasteiger partial charge < -0.3 is 15.2 Å². The number of hydrogen-bond donors (Lipinski definition) is 2. The number of nitrogens with zero attached hydrogens (tertiary/aromatic N) is 1. The standard InChI is InChI=1S/C17H20N2O3/c1-11-9-18-14(12(2)16(11)22-3)10-19-17(21)15(20)13-7-5-4-6-8-13/h4-9,15,20H,10H2,1-3H3,(H,19,21). The Balaban J connectivity index is 2.06. The number of nitrogens with one attached hydrogen (secondary N) is 1. The molecule has 1 unspecified atom stereocenters. The number of methoxy groups -OCH3 is 1. The third kappa shape index (κ3) is 3.43. The largest absolute Gasteiger partial charge is 0.496 e. The van der Waals surface area contributed by atoms with Crippen molar-refractivity contribution in [2.24, 2.45) is 0 Å². The van der Waals surface area contributed by atoms with E-state index in [1.165, 1.54) is 0 Å². The van der Waals surface area contributed by atoms with E-state index in [0.717, 1.165) is 22.6 Å². The minimum atomic E-state index is -1.19. The van der Waals surface area contributed by atoms with E-state index in [2.05, 4.69) is 10.3 Å². The number of carbonyl (C=O) groups excluding carboxylic acids is 1. The Hall–Kier alpha value is -2.40. The molecular weight excluding hydrogens is 280 g/mol. The van der Waals surface area contributed by atoms with Crippen LogP contribution in [0, 0.1) is 13.8 Å². The van der Waals surface area contributed by atoms with E-state index in [-0.39, 0.29) is 6.54 Å². The van der Waals surface area contributed by atoms with Crippen LogP contribution >= 0.6 is 0 Å². The van der Waals surface area contributed by atoms with Gasteiger partial charge in [0, 0.05) is 17.3 Å². The van der Waals surface area contributed by atoms with E-state index in [0.29, 0.717) is 5.56 Å². The molecule has 1 heterocycles. The van der Waals surface area contributed by atoms with E-state index in [1.807, 2.05) is 19.9 Å². The first-order valence-electron chi connectivity index (χ1n) is 7.04. The van der Waals surface area contributed by atoms with Crippen LogP contribution in [0.15, 0.2) is 36.5 Å².